The number of morpholine rings is 1. The summed E-state index contributed by atoms with van der Waals surface area (Å²) >= 11 is 0. The SMILES string of the molecule is NC(=O)NCCNCCN1CCOCC1. The van der Waals surface area contributed by atoms with Crippen LogP contribution < -0.4 is 16.4 Å². The number of primary amides is 1. The predicted octanol–water partition coefficient (Wildman–Crippen LogP) is -1.42. The second-order valence-electron chi connectivity index (χ2n) is 3.50. The molecule has 15 heavy (non-hydrogen) atoms. The highest BCUT2D eigenvalue weighted by molar-refractivity contribution is 5.71. The van der Waals surface area contributed by atoms with Crippen LogP contribution in [0.1, 0.15) is 0 Å². The number of nitrogens with zero attached hydrogens (tertiary/aromatic N) is 1. The summed E-state index contributed by atoms with van der Waals surface area (Å²) in [7, 11) is 0. The number of nitrogens with one attached hydrogen (secondary N) is 2. The Labute approximate surface area is 90.1 Å². The van der Waals surface area contributed by atoms with Crippen LogP contribution in [0.3, 0.4) is 0 Å². The number of hydrogen-bond acceptors (Lipinski definition) is 4. The van der Waals surface area contributed by atoms with Gasteiger partial charge < -0.3 is 21.1 Å². The van der Waals surface area contributed by atoms with Crippen molar-refractivity contribution in [3.63, 3.8) is 0 Å². The van der Waals surface area contributed by atoms with E-state index >= 15 is 0 Å². The maximum absolute atomic E-state index is 10.3. The molecule has 0 atom stereocenters. The Morgan fingerprint density at radius 3 is 2.67 bits per heavy atom. The van der Waals surface area contributed by atoms with Gasteiger partial charge >= 0.3 is 6.03 Å². The third-order valence-corrected chi connectivity index (χ3v) is 2.31. The lowest BCUT2D eigenvalue weighted by Gasteiger charge is -2.26. The average Bonchev–Trinajstić information content (AvgIpc) is 2.24. The summed E-state index contributed by atoms with van der Waals surface area (Å²) in [4.78, 5) is 12.7. The molecule has 1 aliphatic rings. The standard InChI is InChI=1S/C9H20N4O2/c10-9(14)12-2-1-11-3-4-13-5-7-15-8-6-13/h11H,1-8H2,(H3,10,12,14). The van der Waals surface area contributed by atoms with Gasteiger partial charge in [-0.25, -0.2) is 4.79 Å². The largest absolute Gasteiger partial charge is 0.379 e. The summed E-state index contributed by atoms with van der Waals surface area (Å²) < 4.78 is 5.25. The molecule has 0 unspecified atom stereocenters. The predicted molar refractivity (Wildman–Crippen MR) is 57.7 cm³/mol. The van der Waals surface area contributed by atoms with Gasteiger partial charge in [0, 0.05) is 39.3 Å². The van der Waals surface area contributed by atoms with E-state index in [1.807, 2.05) is 0 Å². The maximum Gasteiger partial charge on any atom is 0.312 e. The molecule has 0 bridgehead atoms. The molecule has 0 radical (unpaired) electrons. The Morgan fingerprint density at radius 1 is 1.27 bits per heavy atom. The molecule has 88 valence electrons. The highest BCUT2D eigenvalue weighted by Gasteiger charge is 2.08. The van der Waals surface area contributed by atoms with E-state index in [4.69, 9.17) is 10.5 Å². The molecule has 0 spiro atoms. The molecule has 0 aromatic carbocycles. The van der Waals surface area contributed by atoms with Crippen molar-refractivity contribution in [2.24, 2.45) is 5.73 Å². The third kappa shape index (κ3) is 6.27. The summed E-state index contributed by atoms with van der Waals surface area (Å²) in [5, 5.41) is 5.76. The highest BCUT2D eigenvalue weighted by Crippen LogP contribution is 1.94. The number of nitrogens with two attached hydrogens (primary N) is 1. The van der Waals surface area contributed by atoms with Gasteiger partial charge in [0.05, 0.1) is 13.2 Å². The summed E-state index contributed by atoms with van der Waals surface area (Å²) in [5.74, 6) is 0. The number of amides is 2. The minimum absolute atomic E-state index is 0.468. The van der Waals surface area contributed by atoms with Gasteiger partial charge in [-0.1, -0.05) is 0 Å². The van der Waals surface area contributed by atoms with Crippen LogP contribution in [-0.2, 0) is 4.74 Å². The summed E-state index contributed by atoms with van der Waals surface area (Å²) in [6.45, 7) is 7.00. The molecule has 1 rings (SSSR count). The Kier molecular flexibility index (Phi) is 6.06. The van der Waals surface area contributed by atoms with Gasteiger partial charge in [-0.2, -0.15) is 0 Å². The monoisotopic (exact) mass is 216 g/mol. The minimum atomic E-state index is -0.468. The second kappa shape index (κ2) is 7.44. The van der Waals surface area contributed by atoms with Crippen LogP contribution in [0.4, 0.5) is 4.79 Å². The highest BCUT2D eigenvalue weighted by atomic mass is 16.5. The number of ether oxygens (including phenoxy) is 1. The molecule has 1 saturated heterocycles. The van der Waals surface area contributed by atoms with E-state index in [-0.39, 0.29) is 0 Å². The number of urea groups is 1. The van der Waals surface area contributed by atoms with Crippen LogP contribution in [0.15, 0.2) is 0 Å². The van der Waals surface area contributed by atoms with Crippen molar-refractivity contribution in [1.82, 2.24) is 15.5 Å². The fourth-order valence-corrected chi connectivity index (χ4v) is 1.46. The van der Waals surface area contributed by atoms with Crippen molar-refractivity contribution < 1.29 is 9.53 Å². The second-order valence-corrected chi connectivity index (χ2v) is 3.50. The van der Waals surface area contributed by atoms with Gasteiger partial charge in [-0.05, 0) is 0 Å². The minimum Gasteiger partial charge on any atom is -0.379 e. The van der Waals surface area contributed by atoms with Gasteiger partial charge in [0.2, 0.25) is 0 Å². The molecular weight excluding hydrogens is 196 g/mol. The van der Waals surface area contributed by atoms with Crippen LogP contribution in [0.25, 0.3) is 0 Å². The van der Waals surface area contributed by atoms with Gasteiger partial charge in [0.25, 0.3) is 0 Å². The first-order chi connectivity index (χ1) is 7.29. The smallest absolute Gasteiger partial charge is 0.312 e. The summed E-state index contributed by atoms with van der Waals surface area (Å²) in [5.41, 5.74) is 4.92. The Balaban J connectivity index is 1.85. The molecule has 0 aromatic heterocycles. The van der Waals surface area contributed by atoms with Crippen molar-refractivity contribution in [1.29, 1.82) is 0 Å². The molecule has 6 heteroatoms. The van der Waals surface area contributed by atoms with Crippen molar-refractivity contribution >= 4 is 6.03 Å². The van der Waals surface area contributed by atoms with Crippen molar-refractivity contribution in [3.8, 4) is 0 Å². The molecule has 0 aliphatic carbocycles. The Bertz CT molecular complexity index is 183. The van der Waals surface area contributed by atoms with Gasteiger partial charge in [-0.3, -0.25) is 4.90 Å². The number of rotatable bonds is 6. The molecule has 1 heterocycles. The lowest BCUT2D eigenvalue weighted by atomic mass is 10.4. The first kappa shape index (κ1) is 12.2. The fourth-order valence-electron chi connectivity index (χ4n) is 1.46. The third-order valence-electron chi connectivity index (χ3n) is 2.31. The van der Waals surface area contributed by atoms with E-state index in [2.05, 4.69) is 15.5 Å². The first-order valence-electron chi connectivity index (χ1n) is 5.33. The average molecular weight is 216 g/mol. The quantitative estimate of drug-likeness (QED) is 0.476. The van der Waals surface area contributed by atoms with E-state index in [0.717, 1.165) is 45.9 Å². The normalized spacial score (nSPS) is 17.6. The molecule has 0 aromatic rings. The summed E-state index contributed by atoms with van der Waals surface area (Å²) in [6.07, 6.45) is 0. The van der Waals surface area contributed by atoms with Crippen LogP contribution >= 0.6 is 0 Å². The molecule has 0 saturated carbocycles. The Hall–Kier alpha value is -0.850. The van der Waals surface area contributed by atoms with E-state index in [9.17, 15) is 4.79 Å². The number of hydrogen-bond donors (Lipinski definition) is 3. The Morgan fingerprint density at radius 2 is 2.00 bits per heavy atom. The maximum atomic E-state index is 10.3. The number of carbonyl (C=O) groups excluding carboxylic acids is 1. The summed E-state index contributed by atoms with van der Waals surface area (Å²) in [6, 6.07) is -0.468. The van der Waals surface area contributed by atoms with Crippen LogP contribution in [0.2, 0.25) is 0 Å². The van der Waals surface area contributed by atoms with Crippen molar-refractivity contribution in [3.05, 3.63) is 0 Å². The van der Waals surface area contributed by atoms with E-state index < -0.39 is 6.03 Å². The number of carbonyl (C=O) groups is 1. The van der Waals surface area contributed by atoms with E-state index in [0.29, 0.717) is 6.54 Å². The first-order valence-corrected chi connectivity index (χ1v) is 5.33. The lowest BCUT2D eigenvalue weighted by Crippen LogP contribution is -2.41. The van der Waals surface area contributed by atoms with Crippen LogP contribution in [0.5, 0.6) is 0 Å². The van der Waals surface area contributed by atoms with Crippen molar-refractivity contribution in [2.45, 2.75) is 0 Å². The van der Waals surface area contributed by atoms with Crippen LogP contribution in [0, 0.1) is 0 Å². The molecule has 2 amide bonds. The van der Waals surface area contributed by atoms with Gasteiger partial charge in [-0.15, -0.1) is 0 Å². The fraction of sp³-hybridized carbons (Fsp3) is 0.889. The van der Waals surface area contributed by atoms with Gasteiger partial charge in [0.1, 0.15) is 0 Å². The zero-order valence-corrected chi connectivity index (χ0v) is 9.00. The molecule has 1 aliphatic heterocycles. The zero-order valence-electron chi connectivity index (χ0n) is 9.00. The van der Waals surface area contributed by atoms with Gasteiger partial charge in [0.15, 0.2) is 0 Å². The molecule has 4 N–H and O–H groups in total. The zero-order chi connectivity index (χ0) is 10.9. The lowest BCUT2D eigenvalue weighted by molar-refractivity contribution is 0.0385. The van der Waals surface area contributed by atoms with Crippen molar-refractivity contribution in [2.75, 3.05) is 52.5 Å². The molecule has 6 nitrogen and oxygen atoms in total. The molecular formula is C9H20N4O2. The van der Waals surface area contributed by atoms with Crippen LogP contribution in [-0.4, -0.2) is 63.4 Å². The van der Waals surface area contributed by atoms with E-state index in [1.165, 1.54) is 0 Å². The topological polar surface area (TPSA) is 79.6 Å². The van der Waals surface area contributed by atoms with E-state index in [1.54, 1.807) is 0 Å². The molecule has 1 fully saturated rings.